The number of aromatic nitrogens is 1. The highest BCUT2D eigenvalue weighted by atomic mass is 16.5. The molecule has 0 aliphatic carbocycles. The first-order valence-electron chi connectivity index (χ1n) is 6.48. The van der Waals surface area contributed by atoms with Crippen LogP contribution in [0.2, 0.25) is 0 Å². The highest BCUT2D eigenvalue weighted by Gasteiger charge is 2.10. The molecule has 0 saturated heterocycles. The summed E-state index contributed by atoms with van der Waals surface area (Å²) in [6.07, 6.45) is 1.89. The summed E-state index contributed by atoms with van der Waals surface area (Å²) in [5.74, 6) is 0. The highest BCUT2D eigenvalue weighted by Crippen LogP contribution is 2.25. The van der Waals surface area contributed by atoms with Crippen molar-refractivity contribution in [1.29, 1.82) is 0 Å². The summed E-state index contributed by atoms with van der Waals surface area (Å²) >= 11 is 0. The maximum absolute atomic E-state index is 11.7. The first-order chi connectivity index (χ1) is 9.76. The van der Waals surface area contributed by atoms with E-state index < -0.39 is 0 Å². The van der Waals surface area contributed by atoms with Gasteiger partial charge < -0.3 is 25.0 Å². The summed E-state index contributed by atoms with van der Waals surface area (Å²) in [7, 11) is 1.66. The fourth-order valence-corrected chi connectivity index (χ4v) is 2.06. The number of fused-ring (bicyclic) bond motifs is 1. The lowest BCUT2D eigenvalue weighted by Crippen LogP contribution is -2.30. The zero-order valence-corrected chi connectivity index (χ0v) is 11.4. The Morgan fingerprint density at radius 1 is 1.40 bits per heavy atom. The quantitative estimate of drug-likeness (QED) is 0.747. The lowest BCUT2D eigenvalue weighted by atomic mass is 10.2. The molecule has 0 unspecified atom stereocenters. The van der Waals surface area contributed by atoms with Gasteiger partial charge in [0, 0.05) is 31.8 Å². The number of para-hydroxylation sites is 1. The molecular weight excluding hydrogens is 258 g/mol. The van der Waals surface area contributed by atoms with Gasteiger partial charge in [-0.25, -0.2) is 4.79 Å². The van der Waals surface area contributed by atoms with Crippen molar-refractivity contribution in [3.63, 3.8) is 0 Å². The molecule has 0 fully saturated rings. The van der Waals surface area contributed by atoms with Crippen molar-refractivity contribution in [2.24, 2.45) is 0 Å². The second kappa shape index (κ2) is 6.93. The van der Waals surface area contributed by atoms with E-state index >= 15 is 0 Å². The Labute approximate surface area is 117 Å². The smallest absolute Gasteiger partial charge is 0.319 e. The van der Waals surface area contributed by atoms with Crippen LogP contribution in [0.1, 0.15) is 0 Å². The van der Waals surface area contributed by atoms with Crippen molar-refractivity contribution in [1.82, 2.24) is 9.88 Å². The lowest BCUT2D eigenvalue weighted by Gasteiger charge is -2.04. The Hall–Kier alpha value is -2.05. The molecule has 0 atom stereocenters. The number of hydrogen-bond donors (Lipinski definition) is 3. The molecule has 1 aromatic heterocycles. The molecule has 2 rings (SSSR count). The Morgan fingerprint density at radius 2 is 2.20 bits per heavy atom. The third-order valence-electron chi connectivity index (χ3n) is 2.97. The number of methoxy groups -OCH3 is 1. The number of ether oxygens (including phenoxy) is 1. The average Bonchev–Trinajstić information content (AvgIpc) is 2.81. The number of nitrogens with zero attached hydrogens (tertiary/aromatic N) is 1. The van der Waals surface area contributed by atoms with Gasteiger partial charge in [0.15, 0.2) is 0 Å². The second-order valence-corrected chi connectivity index (χ2v) is 4.35. The first-order valence-corrected chi connectivity index (χ1v) is 6.48. The number of aliphatic hydroxyl groups excluding tert-OH is 1. The zero-order valence-electron chi connectivity index (χ0n) is 11.4. The van der Waals surface area contributed by atoms with E-state index in [1.165, 1.54) is 0 Å². The Morgan fingerprint density at radius 3 is 2.95 bits per heavy atom. The molecule has 0 spiro atoms. The number of benzene rings is 1. The Bertz CT molecular complexity index is 580. The maximum atomic E-state index is 11.7. The van der Waals surface area contributed by atoms with E-state index in [1.807, 2.05) is 35.0 Å². The minimum Gasteiger partial charge on any atom is -0.395 e. The van der Waals surface area contributed by atoms with Crippen molar-refractivity contribution in [3.8, 4) is 0 Å². The van der Waals surface area contributed by atoms with Crippen LogP contribution >= 0.6 is 0 Å². The molecule has 6 nitrogen and oxygen atoms in total. The third kappa shape index (κ3) is 3.28. The van der Waals surface area contributed by atoms with Crippen LogP contribution in [0.5, 0.6) is 0 Å². The van der Waals surface area contributed by atoms with E-state index in [0.717, 1.165) is 23.1 Å². The standard InChI is InChI=1S/C14H19N3O3/c1-20-9-7-17-10-12(16-14(19)15-6-8-18)11-4-2-3-5-13(11)17/h2-5,10,18H,6-9H2,1H3,(H2,15,16,19). The van der Waals surface area contributed by atoms with Gasteiger partial charge >= 0.3 is 6.03 Å². The molecule has 1 heterocycles. The largest absolute Gasteiger partial charge is 0.395 e. The van der Waals surface area contributed by atoms with Crippen LogP contribution in [0.15, 0.2) is 30.5 Å². The average molecular weight is 277 g/mol. The van der Waals surface area contributed by atoms with Crippen LogP contribution in [-0.2, 0) is 11.3 Å². The molecule has 6 heteroatoms. The summed E-state index contributed by atoms with van der Waals surface area (Å²) in [6.45, 7) is 1.48. The van der Waals surface area contributed by atoms with Crippen LogP contribution in [0.4, 0.5) is 10.5 Å². The van der Waals surface area contributed by atoms with Crippen LogP contribution in [-0.4, -0.2) is 42.6 Å². The topological polar surface area (TPSA) is 75.5 Å². The molecule has 0 saturated carbocycles. The van der Waals surface area contributed by atoms with E-state index in [9.17, 15) is 4.79 Å². The van der Waals surface area contributed by atoms with E-state index in [0.29, 0.717) is 6.61 Å². The van der Waals surface area contributed by atoms with Gasteiger partial charge in [0.05, 0.1) is 24.4 Å². The van der Waals surface area contributed by atoms with Gasteiger partial charge in [-0.15, -0.1) is 0 Å². The third-order valence-corrected chi connectivity index (χ3v) is 2.97. The normalized spacial score (nSPS) is 10.7. The number of aliphatic hydroxyl groups is 1. The highest BCUT2D eigenvalue weighted by molar-refractivity contribution is 6.01. The van der Waals surface area contributed by atoms with Crippen molar-refractivity contribution in [3.05, 3.63) is 30.5 Å². The number of carbonyl (C=O) groups excluding carboxylic acids is 1. The predicted octanol–water partition coefficient (Wildman–Crippen LogP) is 1.40. The molecule has 0 radical (unpaired) electrons. The number of carbonyl (C=O) groups is 1. The van der Waals surface area contributed by atoms with Gasteiger partial charge in [0.25, 0.3) is 0 Å². The summed E-state index contributed by atoms with van der Waals surface area (Å²) in [4.78, 5) is 11.7. The maximum Gasteiger partial charge on any atom is 0.319 e. The summed E-state index contributed by atoms with van der Waals surface area (Å²) in [5, 5.41) is 15.0. The van der Waals surface area contributed by atoms with Crippen LogP contribution in [0.3, 0.4) is 0 Å². The van der Waals surface area contributed by atoms with Gasteiger partial charge in [0.2, 0.25) is 0 Å². The zero-order chi connectivity index (χ0) is 14.4. The van der Waals surface area contributed by atoms with E-state index in [1.54, 1.807) is 7.11 Å². The molecule has 3 N–H and O–H groups in total. The number of hydrogen-bond acceptors (Lipinski definition) is 3. The molecule has 0 bridgehead atoms. The van der Waals surface area contributed by atoms with Gasteiger partial charge in [-0.3, -0.25) is 0 Å². The number of urea groups is 1. The SMILES string of the molecule is COCCn1cc(NC(=O)NCCO)c2ccccc21. The van der Waals surface area contributed by atoms with Gasteiger partial charge in [0.1, 0.15) is 0 Å². The fourth-order valence-electron chi connectivity index (χ4n) is 2.06. The van der Waals surface area contributed by atoms with Gasteiger partial charge in [-0.1, -0.05) is 18.2 Å². The molecule has 2 aromatic rings. The Kier molecular flexibility index (Phi) is 4.97. The lowest BCUT2D eigenvalue weighted by molar-refractivity contribution is 0.188. The molecule has 108 valence electrons. The van der Waals surface area contributed by atoms with Crippen molar-refractivity contribution >= 4 is 22.6 Å². The predicted molar refractivity (Wildman–Crippen MR) is 77.9 cm³/mol. The number of anilines is 1. The monoisotopic (exact) mass is 277 g/mol. The number of amides is 2. The van der Waals surface area contributed by atoms with Crippen LogP contribution < -0.4 is 10.6 Å². The minimum absolute atomic E-state index is 0.0803. The molecular formula is C14H19N3O3. The Balaban J connectivity index is 2.22. The molecule has 0 aliphatic heterocycles. The van der Waals surface area contributed by atoms with E-state index in [-0.39, 0.29) is 19.2 Å². The van der Waals surface area contributed by atoms with E-state index in [4.69, 9.17) is 9.84 Å². The number of nitrogens with one attached hydrogen (secondary N) is 2. The van der Waals surface area contributed by atoms with Crippen molar-refractivity contribution < 1.29 is 14.6 Å². The van der Waals surface area contributed by atoms with Crippen molar-refractivity contribution in [2.75, 3.05) is 32.2 Å². The first kappa shape index (κ1) is 14.4. The van der Waals surface area contributed by atoms with Gasteiger partial charge in [-0.2, -0.15) is 0 Å². The summed E-state index contributed by atoms with van der Waals surface area (Å²) < 4.78 is 7.13. The minimum atomic E-state index is -0.325. The van der Waals surface area contributed by atoms with Crippen LogP contribution in [0.25, 0.3) is 10.9 Å². The summed E-state index contributed by atoms with van der Waals surface area (Å²) in [6, 6.07) is 7.53. The molecule has 0 aliphatic rings. The number of rotatable bonds is 6. The van der Waals surface area contributed by atoms with Gasteiger partial charge in [-0.05, 0) is 6.07 Å². The van der Waals surface area contributed by atoms with E-state index in [2.05, 4.69) is 10.6 Å². The molecule has 2 amide bonds. The van der Waals surface area contributed by atoms with Crippen LogP contribution in [0, 0.1) is 0 Å². The molecule has 1 aromatic carbocycles. The second-order valence-electron chi connectivity index (χ2n) is 4.35. The van der Waals surface area contributed by atoms with Crippen molar-refractivity contribution in [2.45, 2.75) is 6.54 Å². The fraction of sp³-hybridized carbons (Fsp3) is 0.357. The summed E-state index contributed by atoms with van der Waals surface area (Å²) in [5.41, 5.74) is 1.79. The molecule has 20 heavy (non-hydrogen) atoms.